The second-order valence-electron chi connectivity index (χ2n) is 4.12. The van der Waals surface area contributed by atoms with E-state index in [4.69, 9.17) is 20.4 Å². The first kappa shape index (κ1) is 15.0. The van der Waals surface area contributed by atoms with Crippen molar-refractivity contribution < 1.29 is 19.3 Å². The number of ether oxygens (including phenoxy) is 2. The van der Waals surface area contributed by atoms with Gasteiger partial charge in [0, 0.05) is 0 Å². The van der Waals surface area contributed by atoms with Crippen LogP contribution in [0.5, 0.6) is 0 Å². The molecule has 0 atom stereocenters. The van der Waals surface area contributed by atoms with Crippen LogP contribution in [0.25, 0.3) is 10.2 Å². The Kier molecular flexibility index (Phi) is 6.00. The average molecular weight is 298 g/mol. The predicted molar refractivity (Wildman–Crippen MR) is 79.4 cm³/mol. The molecule has 0 saturated carbocycles. The normalized spacial score (nSPS) is 11.1. The maximum Gasteiger partial charge on any atom is 0.358 e. The number of rotatable bonds is 9. The minimum atomic E-state index is 0.0456. The van der Waals surface area contributed by atoms with E-state index < -0.39 is 0 Å². The van der Waals surface area contributed by atoms with Gasteiger partial charge in [0.15, 0.2) is 5.52 Å². The molecule has 0 fully saturated rings. The fourth-order valence-corrected chi connectivity index (χ4v) is 2.74. The van der Waals surface area contributed by atoms with Crippen LogP contribution in [0.15, 0.2) is 24.3 Å². The largest absolute Gasteiger partial charge is 0.394 e. The third-order valence-electron chi connectivity index (χ3n) is 2.68. The molecule has 0 aliphatic heterocycles. The molecular weight excluding hydrogens is 278 g/mol. The fraction of sp³-hybridized carbons (Fsp3) is 0.462. The predicted octanol–water partition coefficient (Wildman–Crippen LogP) is 0.340. The lowest BCUT2D eigenvalue weighted by Crippen LogP contribution is -2.45. The van der Waals surface area contributed by atoms with Crippen LogP contribution in [0.3, 0.4) is 0 Å². The minimum absolute atomic E-state index is 0.0456. The SMILES string of the molecule is N[n+]1c(NCCOCCOCCO)sc2ccccc21. The number of benzene rings is 1. The average Bonchev–Trinajstić information content (AvgIpc) is 2.79. The molecule has 4 N–H and O–H groups in total. The van der Waals surface area contributed by atoms with Crippen LogP contribution < -0.4 is 15.8 Å². The number of nitrogen functional groups attached to an aromatic ring is 1. The van der Waals surface area contributed by atoms with Crippen LogP contribution in [0.4, 0.5) is 5.13 Å². The maximum absolute atomic E-state index is 8.53. The molecule has 0 saturated heterocycles. The first-order chi connectivity index (χ1) is 9.83. The van der Waals surface area contributed by atoms with Crippen molar-refractivity contribution in [2.75, 3.05) is 50.7 Å². The molecule has 110 valence electrons. The Hall–Kier alpha value is -1.41. The number of aromatic nitrogens is 1. The topological polar surface area (TPSA) is 80.6 Å². The molecule has 6 nitrogen and oxygen atoms in total. The number of anilines is 1. The number of thiazole rings is 1. The molecule has 7 heteroatoms. The van der Waals surface area contributed by atoms with Gasteiger partial charge >= 0.3 is 5.13 Å². The molecule has 0 radical (unpaired) electrons. The van der Waals surface area contributed by atoms with Crippen molar-refractivity contribution in [1.82, 2.24) is 0 Å². The Balaban J connectivity index is 1.69. The summed E-state index contributed by atoms with van der Waals surface area (Å²) in [7, 11) is 0. The molecule has 0 aliphatic rings. The van der Waals surface area contributed by atoms with Gasteiger partial charge in [-0.05, 0) is 23.5 Å². The van der Waals surface area contributed by atoms with Gasteiger partial charge < -0.3 is 14.6 Å². The van der Waals surface area contributed by atoms with Crippen molar-refractivity contribution >= 4 is 26.7 Å². The molecule has 0 amide bonds. The van der Waals surface area contributed by atoms with Gasteiger partial charge in [0.2, 0.25) is 0 Å². The van der Waals surface area contributed by atoms with E-state index in [9.17, 15) is 0 Å². The molecular formula is C13H20N3O3S+. The van der Waals surface area contributed by atoms with E-state index in [-0.39, 0.29) is 6.61 Å². The number of nitrogens with zero attached hydrogens (tertiary/aromatic N) is 1. The summed E-state index contributed by atoms with van der Waals surface area (Å²) >= 11 is 1.62. The van der Waals surface area contributed by atoms with E-state index in [1.165, 1.54) is 0 Å². The van der Waals surface area contributed by atoms with E-state index >= 15 is 0 Å². The molecule has 2 rings (SSSR count). The number of nitrogens with one attached hydrogen (secondary N) is 1. The Bertz CT molecular complexity index is 533. The molecule has 0 unspecified atom stereocenters. The Morgan fingerprint density at radius 2 is 1.90 bits per heavy atom. The van der Waals surface area contributed by atoms with Gasteiger partial charge in [0.1, 0.15) is 6.54 Å². The highest BCUT2D eigenvalue weighted by atomic mass is 32.1. The summed E-state index contributed by atoms with van der Waals surface area (Å²) in [5, 5.41) is 12.7. The summed E-state index contributed by atoms with van der Waals surface area (Å²) in [5.74, 6) is 6.01. The van der Waals surface area contributed by atoms with Crippen molar-refractivity contribution in [3.63, 3.8) is 0 Å². The van der Waals surface area contributed by atoms with E-state index in [0.717, 1.165) is 15.3 Å². The molecule has 20 heavy (non-hydrogen) atoms. The number of nitrogens with two attached hydrogens (primary N) is 1. The van der Waals surface area contributed by atoms with Crippen molar-refractivity contribution in [2.45, 2.75) is 0 Å². The van der Waals surface area contributed by atoms with E-state index in [2.05, 4.69) is 5.32 Å². The van der Waals surface area contributed by atoms with Crippen LogP contribution in [-0.2, 0) is 9.47 Å². The molecule has 1 aromatic heterocycles. The van der Waals surface area contributed by atoms with Crippen molar-refractivity contribution in [1.29, 1.82) is 0 Å². The molecule has 0 bridgehead atoms. The fourth-order valence-electron chi connectivity index (χ4n) is 1.74. The molecule has 2 aromatic rings. The lowest BCUT2D eigenvalue weighted by molar-refractivity contribution is -0.592. The zero-order chi connectivity index (χ0) is 14.2. The lowest BCUT2D eigenvalue weighted by atomic mass is 10.3. The van der Waals surface area contributed by atoms with Crippen LogP contribution >= 0.6 is 11.3 Å². The standard InChI is InChI=1S/C13H19N3O3S/c14-16-11-3-1-2-4-12(11)20-13(16)15-5-7-18-9-10-19-8-6-17/h1-4,17H,5-10,14H2/p+1. The smallest absolute Gasteiger partial charge is 0.358 e. The van der Waals surface area contributed by atoms with Gasteiger partial charge in [-0.2, -0.15) is 0 Å². The Morgan fingerprint density at radius 1 is 1.15 bits per heavy atom. The second-order valence-corrected chi connectivity index (χ2v) is 5.15. The number of hydrogen-bond acceptors (Lipinski definition) is 6. The van der Waals surface area contributed by atoms with Crippen LogP contribution in [0.2, 0.25) is 0 Å². The van der Waals surface area contributed by atoms with Crippen LogP contribution in [-0.4, -0.2) is 44.7 Å². The first-order valence-corrected chi connectivity index (χ1v) is 7.33. The number of aliphatic hydroxyl groups excluding tert-OH is 1. The Morgan fingerprint density at radius 3 is 2.65 bits per heavy atom. The number of aliphatic hydroxyl groups is 1. The monoisotopic (exact) mass is 298 g/mol. The molecule has 1 aromatic carbocycles. The van der Waals surface area contributed by atoms with Crippen molar-refractivity contribution in [2.24, 2.45) is 0 Å². The summed E-state index contributed by atoms with van der Waals surface area (Å²) in [6.07, 6.45) is 0. The molecule has 1 heterocycles. The Labute approximate surface area is 121 Å². The quantitative estimate of drug-likeness (QED) is 0.353. The summed E-state index contributed by atoms with van der Waals surface area (Å²) in [6, 6.07) is 8.01. The highest BCUT2D eigenvalue weighted by Crippen LogP contribution is 2.22. The highest BCUT2D eigenvalue weighted by molar-refractivity contribution is 7.21. The summed E-state index contributed by atoms with van der Waals surface area (Å²) < 4.78 is 13.3. The van der Waals surface area contributed by atoms with Crippen molar-refractivity contribution in [3.8, 4) is 0 Å². The highest BCUT2D eigenvalue weighted by Gasteiger charge is 2.14. The maximum atomic E-state index is 8.53. The number of para-hydroxylation sites is 1. The van der Waals surface area contributed by atoms with E-state index in [1.807, 2.05) is 24.3 Å². The first-order valence-electron chi connectivity index (χ1n) is 6.52. The van der Waals surface area contributed by atoms with Gasteiger partial charge in [0.25, 0.3) is 0 Å². The molecule has 0 spiro atoms. The van der Waals surface area contributed by atoms with Gasteiger partial charge in [-0.25, -0.2) is 0 Å². The van der Waals surface area contributed by atoms with Crippen LogP contribution in [0, 0.1) is 0 Å². The number of fused-ring (bicyclic) bond motifs is 1. The van der Waals surface area contributed by atoms with E-state index in [1.54, 1.807) is 16.0 Å². The molecule has 0 aliphatic carbocycles. The minimum Gasteiger partial charge on any atom is -0.394 e. The van der Waals surface area contributed by atoms with Gasteiger partial charge in [-0.15, -0.1) is 4.68 Å². The van der Waals surface area contributed by atoms with E-state index in [0.29, 0.717) is 33.0 Å². The van der Waals surface area contributed by atoms with Crippen LogP contribution in [0.1, 0.15) is 0 Å². The van der Waals surface area contributed by atoms with Gasteiger partial charge in [-0.1, -0.05) is 12.1 Å². The summed E-state index contributed by atoms with van der Waals surface area (Å²) in [4.78, 5) is 0. The number of hydrogen-bond donors (Lipinski definition) is 3. The third-order valence-corrected chi connectivity index (χ3v) is 3.78. The second kappa shape index (κ2) is 8.01. The van der Waals surface area contributed by atoms with Crippen molar-refractivity contribution in [3.05, 3.63) is 24.3 Å². The summed E-state index contributed by atoms with van der Waals surface area (Å²) in [6.45, 7) is 2.69. The lowest BCUT2D eigenvalue weighted by Gasteiger charge is -2.03. The summed E-state index contributed by atoms with van der Waals surface area (Å²) in [5.41, 5.74) is 1.01. The zero-order valence-electron chi connectivity index (χ0n) is 11.2. The van der Waals surface area contributed by atoms with Gasteiger partial charge in [0.05, 0.1) is 37.7 Å². The zero-order valence-corrected chi connectivity index (χ0v) is 12.1. The third kappa shape index (κ3) is 4.04. The van der Waals surface area contributed by atoms with Gasteiger partial charge in [-0.3, -0.25) is 11.2 Å².